The van der Waals surface area contributed by atoms with Crippen LogP contribution < -0.4 is 5.11 Å². The van der Waals surface area contributed by atoms with Gasteiger partial charge in [0.2, 0.25) is 0 Å². The van der Waals surface area contributed by atoms with E-state index in [1.807, 2.05) is 0 Å². The van der Waals surface area contributed by atoms with Crippen LogP contribution in [0.3, 0.4) is 0 Å². The predicted molar refractivity (Wildman–Crippen MR) is 43.6 cm³/mol. The first-order chi connectivity index (χ1) is 6.49. The number of nitrogens with zero attached hydrogens (tertiary/aromatic N) is 3. The first-order valence-electron chi connectivity index (χ1n) is 3.90. The van der Waals surface area contributed by atoms with Gasteiger partial charge in [-0.3, -0.25) is 14.8 Å². The second kappa shape index (κ2) is 3.44. The maximum absolute atomic E-state index is 10.6. The lowest BCUT2D eigenvalue weighted by Crippen LogP contribution is -2.26. The van der Waals surface area contributed by atoms with E-state index in [2.05, 4.69) is 5.10 Å². The molecule has 14 heavy (non-hydrogen) atoms. The average Bonchev–Trinajstić information content (AvgIpc) is 2.41. The number of nitro groups is 1. The van der Waals surface area contributed by atoms with Crippen molar-refractivity contribution in [1.29, 1.82) is 0 Å². The van der Waals surface area contributed by atoms with Crippen LogP contribution in [0.2, 0.25) is 0 Å². The number of rotatable bonds is 3. The highest BCUT2D eigenvalue weighted by Gasteiger charge is 2.25. The molecule has 0 saturated heterocycles. The number of aryl methyl sites for hydroxylation is 2. The lowest BCUT2D eigenvalue weighted by Gasteiger charge is -2.00. The van der Waals surface area contributed by atoms with E-state index >= 15 is 0 Å². The van der Waals surface area contributed by atoms with Crippen LogP contribution in [-0.2, 0) is 13.5 Å². The van der Waals surface area contributed by atoms with Crippen molar-refractivity contribution in [3.05, 3.63) is 21.5 Å². The van der Waals surface area contributed by atoms with Crippen LogP contribution in [0.1, 0.15) is 23.1 Å². The van der Waals surface area contributed by atoms with E-state index in [1.165, 1.54) is 7.05 Å². The van der Waals surface area contributed by atoms with Crippen molar-refractivity contribution in [2.24, 2.45) is 7.05 Å². The number of hydrogen-bond acceptors (Lipinski definition) is 5. The molecule has 76 valence electrons. The van der Waals surface area contributed by atoms with Gasteiger partial charge in [0, 0.05) is 7.05 Å². The highest BCUT2D eigenvalue weighted by Crippen LogP contribution is 2.22. The summed E-state index contributed by atoms with van der Waals surface area (Å²) in [6.45, 7) is 1.66. The summed E-state index contributed by atoms with van der Waals surface area (Å²) in [5.74, 6) is -1.59. The molecule has 0 aliphatic heterocycles. The van der Waals surface area contributed by atoms with E-state index in [0.717, 1.165) is 4.68 Å². The third-order valence-electron chi connectivity index (χ3n) is 1.80. The zero-order valence-electron chi connectivity index (χ0n) is 7.68. The first kappa shape index (κ1) is 10.2. The van der Waals surface area contributed by atoms with Gasteiger partial charge in [-0.2, -0.15) is 5.10 Å². The van der Waals surface area contributed by atoms with Crippen LogP contribution in [0.25, 0.3) is 0 Å². The Bertz CT molecular complexity index is 396. The molecule has 0 N–H and O–H groups in total. The lowest BCUT2D eigenvalue weighted by atomic mass is 10.2. The van der Waals surface area contributed by atoms with Gasteiger partial charge in [0.15, 0.2) is 5.69 Å². The van der Waals surface area contributed by atoms with Crippen molar-refractivity contribution in [2.75, 3.05) is 0 Å². The Morgan fingerprint density at radius 2 is 2.21 bits per heavy atom. The van der Waals surface area contributed by atoms with E-state index in [1.54, 1.807) is 6.92 Å². The third kappa shape index (κ3) is 1.43. The molecule has 0 unspecified atom stereocenters. The maximum Gasteiger partial charge on any atom is 0.319 e. The Balaban J connectivity index is 3.46. The van der Waals surface area contributed by atoms with Gasteiger partial charge in [-0.1, -0.05) is 6.92 Å². The Morgan fingerprint density at radius 3 is 2.57 bits per heavy atom. The summed E-state index contributed by atoms with van der Waals surface area (Å²) >= 11 is 0. The molecule has 0 saturated carbocycles. The minimum atomic E-state index is -1.59. The monoisotopic (exact) mass is 198 g/mol. The smallest absolute Gasteiger partial charge is 0.319 e. The molecule has 0 spiro atoms. The summed E-state index contributed by atoms with van der Waals surface area (Å²) in [7, 11) is 1.33. The minimum absolute atomic E-state index is 0.150. The topological polar surface area (TPSA) is 101 Å². The van der Waals surface area contributed by atoms with E-state index in [-0.39, 0.29) is 5.69 Å². The van der Waals surface area contributed by atoms with Crippen LogP contribution >= 0.6 is 0 Å². The Kier molecular flexibility index (Phi) is 2.50. The molecule has 0 bridgehead atoms. The van der Waals surface area contributed by atoms with Crippen molar-refractivity contribution in [1.82, 2.24) is 9.78 Å². The van der Waals surface area contributed by atoms with E-state index in [0.29, 0.717) is 6.42 Å². The van der Waals surface area contributed by atoms with Gasteiger partial charge >= 0.3 is 5.69 Å². The summed E-state index contributed by atoms with van der Waals surface area (Å²) in [6, 6.07) is 0. The molecular formula is C7H8N3O4-. The summed E-state index contributed by atoms with van der Waals surface area (Å²) in [4.78, 5) is 20.4. The second-order valence-electron chi connectivity index (χ2n) is 2.67. The maximum atomic E-state index is 10.6. The Hall–Kier alpha value is -1.92. The van der Waals surface area contributed by atoms with Crippen LogP contribution in [0, 0.1) is 10.1 Å². The molecule has 1 heterocycles. The Labute approximate surface area is 79.1 Å². The molecule has 0 aliphatic carbocycles. The van der Waals surface area contributed by atoms with Crippen molar-refractivity contribution < 1.29 is 14.8 Å². The van der Waals surface area contributed by atoms with Gasteiger partial charge < -0.3 is 9.90 Å². The van der Waals surface area contributed by atoms with Crippen LogP contribution in [0.4, 0.5) is 5.69 Å². The lowest BCUT2D eigenvalue weighted by molar-refractivity contribution is -0.386. The third-order valence-corrected chi connectivity index (χ3v) is 1.80. The minimum Gasteiger partial charge on any atom is -0.543 e. The average molecular weight is 198 g/mol. The number of hydrogen-bond donors (Lipinski definition) is 0. The normalized spacial score (nSPS) is 10.1. The van der Waals surface area contributed by atoms with Crippen molar-refractivity contribution in [3.63, 3.8) is 0 Å². The fraction of sp³-hybridized carbons (Fsp3) is 0.429. The molecule has 0 amide bonds. The molecular weight excluding hydrogens is 190 g/mol. The quantitative estimate of drug-likeness (QED) is 0.470. The van der Waals surface area contributed by atoms with Gasteiger partial charge in [0.25, 0.3) is 0 Å². The molecule has 0 atom stereocenters. The number of carboxylic acids is 1. The molecule has 0 aromatic carbocycles. The molecule has 0 fully saturated rings. The van der Waals surface area contributed by atoms with Gasteiger partial charge in [-0.25, -0.2) is 0 Å². The van der Waals surface area contributed by atoms with Crippen LogP contribution in [-0.4, -0.2) is 20.7 Å². The van der Waals surface area contributed by atoms with E-state index in [4.69, 9.17) is 0 Å². The van der Waals surface area contributed by atoms with Gasteiger partial charge in [0.1, 0.15) is 5.69 Å². The molecule has 0 aliphatic rings. The highest BCUT2D eigenvalue weighted by atomic mass is 16.6. The molecule has 7 heteroatoms. The fourth-order valence-corrected chi connectivity index (χ4v) is 1.23. The van der Waals surface area contributed by atoms with E-state index in [9.17, 15) is 20.0 Å². The van der Waals surface area contributed by atoms with Gasteiger partial charge in [-0.15, -0.1) is 0 Å². The fourth-order valence-electron chi connectivity index (χ4n) is 1.23. The molecule has 0 radical (unpaired) electrons. The van der Waals surface area contributed by atoms with Crippen molar-refractivity contribution in [2.45, 2.75) is 13.3 Å². The number of aromatic nitrogens is 2. The van der Waals surface area contributed by atoms with E-state index < -0.39 is 22.3 Å². The van der Waals surface area contributed by atoms with Crippen LogP contribution in [0.5, 0.6) is 0 Å². The van der Waals surface area contributed by atoms with Crippen molar-refractivity contribution >= 4 is 11.7 Å². The molecule has 1 aromatic heterocycles. The Morgan fingerprint density at radius 1 is 1.64 bits per heavy atom. The molecule has 1 rings (SSSR count). The largest absolute Gasteiger partial charge is 0.543 e. The first-order valence-corrected chi connectivity index (χ1v) is 3.90. The van der Waals surface area contributed by atoms with Crippen molar-refractivity contribution in [3.8, 4) is 0 Å². The van der Waals surface area contributed by atoms with Gasteiger partial charge in [-0.05, 0) is 6.42 Å². The summed E-state index contributed by atoms with van der Waals surface area (Å²) in [5.41, 5.74) is -0.821. The van der Waals surface area contributed by atoms with Gasteiger partial charge in [0.05, 0.1) is 10.9 Å². The summed E-state index contributed by atoms with van der Waals surface area (Å²) in [6.07, 6.45) is 0.303. The second-order valence-corrected chi connectivity index (χ2v) is 2.67. The summed E-state index contributed by atoms with van der Waals surface area (Å²) in [5, 5.41) is 24.9. The summed E-state index contributed by atoms with van der Waals surface area (Å²) < 4.78 is 0.951. The molecule has 1 aromatic rings. The number of carbonyl (C=O) groups excluding carboxylic acids is 1. The van der Waals surface area contributed by atoms with Crippen LogP contribution in [0.15, 0.2) is 0 Å². The highest BCUT2D eigenvalue weighted by molar-refractivity contribution is 5.89. The number of carboxylic acid groups (broad SMARTS) is 1. The zero-order valence-corrected chi connectivity index (χ0v) is 7.68. The molecule has 7 nitrogen and oxygen atoms in total. The standard InChI is InChI=1S/C7H9N3O4/c1-3-4-5(10(13)14)6(7(11)12)9(2)8-4/h3H2,1-2H3,(H,11,12)/p-1. The SMILES string of the molecule is CCc1nn(C)c(C(=O)[O-])c1[N+](=O)[O-]. The predicted octanol–water partition coefficient (Wildman–Crippen LogP) is -0.746. The zero-order chi connectivity index (χ0) is 10.9. The number of carbonyl (C=O) groups is 1. The number of aromatic carboxylic acids is 1.